The first-order valence-electron chi connectivity index (χ1n) is 8.60. The minimum absolute atomic E-state index is 0.00559. The number of nitrogens with zero attached hydrogens (tertiary/aromatic N) is 1. The van der Waals surface area contributed by atoms with Gasteiger partial charge in [-0.2, -0.15) is 0 Å². The Labute approximate surface area is 143 Å². The van der Waals surface area contributed by atoms with Gasteiger partial charge in [-0.3, -0.25) is 4.79 Å². The van der Waals surface area contributed by atoms with Crippen LogP contribution in [0.25, 0.3) is 0 Å². The van der Waals surface area contributed by atoms with Crippen molar-refractivity contribution in [3.05, 3.63) is 23.8 Å². The average Bonchev–Trinajstić information content (AvgIpc) is 3.33. The van der Waals surface area contributed by atoms with Crippen molar-refractivity contribution >= 4 is 5.91 Å². The van der Waals surface area contributed by atoms with Crippen LogP contribution in [-0.2, 0) is 4.79 Å². The number of aliphatic hydroxyl groups is 1. The van der Waals surface area contributed by atoms with E-state index in [0.29, 0.717) is 13.2 Å². The van der Waals surface area contributed by atoms with E-state index in [4.69, 9.17) is 9.47 Å². The number of hydrogen-bond donors (Lipinski definition) is 1. The van der Waals surface area contributed by atoms with Gasteiger partial charge in [0.05, 0.1) is 12.6 Å². The Morgan fingerprint density at radius 1 is 1.29 bits per heavy atom. The van der Waals surface area contributed by atoms with Crippen molar-refractivity contribution in [2.24, 2.45) is 11.3 Å². The zero-order valence-corrected chi connectivity index (χ0v) is 14.9. The molecule has 2 aliphatic rings. The van der Waals surface area contributed by atoms with E-state index in [-0.39, 0.29) is 35.8 Å². The molecule has 1 aliphatic heterocycles. The van der Waals surface area contributed by atoms with Gasteiger partial charge >= 0.3 is 0 Å². The fourth-order valence-electron chi connectivity index (χ4n) is 3.52. The molecule has 0 saturated heterocycles. The molecule has 1 saturated carbocycles. The second-order valence-electron chi connectivity index (χ2n) is 7.87. The Morgan fingerprint density at radius 2 is 1.96 bits per heavy atom. The van der Waals surface area contributed by atoms with Crippen LogP contribution >= 0.6 is 0 Å². The number of amides is 1. The molecule has 5 nitrogen and oxygen atoms in total. The van der Waals surface area contributed by atoms with Gasteiger partial charge in [0.25, 0.3) is 0 Å². The number of ether oxygens (including phenoxy) is 2. The highest BCUT2D eigenvalue weighted by Crippen LogP contribution is 2.50. The lowest BCUT2D eigenvalue weighted by Crippen LogP contribution is -2.48. The molecule has 5 heteroatoms. The number of fused-ring (bicyclic) bond motifs is 1. The molecular formula is C19H27NO4. The second-order valence-corrected chi connectivity index (χ2v) is 7.87. The third-order valence-electron chi connectivity index (χ3n) is 5.09. The molecule has 1 aromatic carbocycles. The van der Waals surface area contributed by atoms with Crippen LogP contribution in [0.5, 0.6) is 11.5 Å². The molecular weight excluding hydrogens is 306 g/mol. The summed E-state index contributed by atoms with van der Waals surface area (Å²) in [6.07, 6.45) is 0.852. The number of aliphatic hydroxyl groups excluding tert-OH is 1. The first-order chi connectivity index (χ1) is 11.3. The van der Waals surface area contributed by atoms with Gasteiger partial charge in [0.15, 0.2) is 11.5 Å². The normalized spacial score (nSPS) is 23.5. The monoisotopic (exact) mass is 333 g/mol. The Balaban J connectivity index is 1.69. The van der Waals surface area contributed by atoms with Crippen LogP contribution in [0.1, 0.15) is 38.7 Å². The van der Waals surface area contributed by atoms with E-state index in [1.807, 2.05) is 39.0 Å². The Bertz CT molecular complexity index is 622. The van der Waals surface area contributed by atoms with Gasteiger partial charge in [0.2, 0.25) is 5.91 Å². The van der Waals surface area contributed by atoms with Crippen LogP contribution in [-0.4, -0.2) is 48.8 Å². The highest BCUT2D eigenvalue weighted by Gasteiger charge is 2.47. The van der Waals surface area contributed by atoms with Crippen LogP contribution in [0.3, 0.4) is 0 Å². The smallest absolute Gasteiger partial charge is 0.226 e. The van der Waals surface area contributed by atoms with Crippen molar-refractivity contribution in [2.75, 3.05) is 26.9 Å². The largest absolute Gasteiger partial charge is 0.486 e. The standard InChI is InChI=1S/C19H27NO4/c1-19(2,3)17(11-21)20(4)18(22)14-10-13(14)12-5-6-15-16(9-12)24-8-7-23-15/h5-6,9,13-14,17,21H,7-8,10-11H2,1-4H3. The maximum absolute atomic E-state index is 12.8. The minimum Gasteiger partial charge on any atom is -0.486 e. The SMILES string of the molecule is CN(C(=O)C1CC1c1ccc2c(c1)OCCO2)C(CO)C(C)(C)C. The van der Waals surface area contributed by atoms with E-state index in [9.17, 15) is 9.90 Å². The van der Waals surface area contributed by atoms with Crippen LogP contribution in [0, 0.1) is 11.3 Å². The third kappa shape index (κ3) is 3.22. The van der Waals surface area contributed by atoms with E-state index in [0.717, 1.165) is 23.5 Å². The van der Waals surface area contributed by atoms with Gasteiger partial charge in [0.1, 0.15) is 13.2 Å². The number of carbonyl (C=O) groups excluding carboxylic acids is 1. The van der Waals surface area contributed by atoms with Crippen molar-refractivity contribution in [3.8, 4) is 11.5 Å². The van der Waals surface area contributed by atoms with Gasteiger partial charge < -0.3 is 19.5 Å². The first-order valence-corrected chi connectivity index (χ1v) is 8.60. The Morgan fingerprint density at radius 3 is 2.58 bits per heavy atom. The van der Waals surface area contributed by atoms with E-state index in [1.54, 1.807) is 11.9 Å². The maximum atomic E-state index is 12.8. The van der Waals surface area contributed by atoms with E-state index in [1.165, 1.54) is 0 Å². The summed E-state index contributed by atoms with van der Waals surface area (Å²) in [5, 5.41) is 9.67. The minimum atomic E-state index is -0.175. The first kappa shape index (κ1) is 17.1. The molecule has 1 N–H and O–H groups in total. The highest BCUT2D eigenvalue weighted by molar-refractivity contribution is 5.83. The molecule has 1 amide bonds. The number of hydrogen-bond acceptors (Lipinski definition) is 4. The fourth-order valence-corrected chi connectivity index (χ4v) is 3.52. The van der Waals surface area contributed by atoms with Crippen LogP contribution in [0.15, 0.2) is 18.2 Å². The summed E-state index contributed by atoms with van der Waals surface area (Å²) < 4.78 is 11.2. The topological polar surface area (TPSA) is 59.0 Å². The van der Waals surface area contributed by atoms with Gasteiger partial charge in [-0.15, -0.1) is 0 Å². The molecule has 1 heterocycles. The number of likely N-dealkylation sites (N-methyl/N-ethyl adjacent to an activating group) is 1. The summed E-state index contributed by atoms with van der Waals surface area (Å²) in [6.45, 7) is 7.26. The number of benzene rings is 1. The molecule has 0 aromatic heterocycles. The van der Waals surface area contributed by atoms with Crippen LogP contribution in [0.4, 0.5) is 0 Å². The Kier molecular flexibility index (Phi) is 4.47. The van der Waals surface area contributed by atoms with Crippen LogP contribution in [0.2, 0.25) is 0 Å². The molecule has 1 fully saturated rings. The summed E-state index contributed by atoms with van der Waals surface area (Å²) in [7, 11) is 1.80. The summed E-state index contributed by atoms with van der Waals surface area (Å²) in [5.41, 5.74) is 0.975. The van der Waals surface area contributed by atoms with Crippen molar-refractivity contribution in [1.29, 1.82) is 0 Å². The highest BCUT2D eigenvalue weighted by atomic mass is 16.6. The molecule has 3 rings (SSSR count). The third-order valence-corrected chi connectivity index (χ3v) is 5.09. The van der Waals surface area contributed by atoms with E-state index >= 15 is 0 Å². The lowest BCUT2D eigenvalue weighted by atomic mass is 9.86. The quantitative estimate of drug-likeness (QED) is 0.919. The van der Waals surface area contributed by atoms with Gasteiger partial charge in [-0.25, -0.2) is 0 Å². The van der Waals surface area contributed by atoms with E-state index in [2.05, 4.69) is 0 Å². The summed E-state index contributed by atoms with van der Waals surface area (Å²) in [4.78, 5) is 14.5. The summed E-state index contributed by atoms with van der Waals surface area (Å²) in [6, 6.07) is 5.78. The Hall–Kier alpha value is -1.75. The number of carbonyl (C=O) groups is 1. The lowest BCUT2D eigenvalue weighted by Gasteiger charge is -2.37. The maximum Gasteiger partial charge on any atom is 0.226 e. The lowest BCUT2D eigenvalue weighted by molar-refractivity contribution is -0.136. The van der Waals surface area contributed by atoms with Crippen molar-refractivity contribution < 1.29 is 19.4 Å². The summed E-state index contributed by atoms with van der Waals surface area (Å²) in [5.74, 6) is 1.89. The van der Waals surface area contributed by atoms with E-state index < -0.39 is 0 Å². The predicted octanol–water partition coefficient (Wildman–Crippen LogP) is 2.43. The van der Waals surface area contributed by atoms with Crippen molar-refractivity contribution in [3.63, 3.8) is 0 Å². The summed E-state index contributed by atoms with van der Waals surface area (Å²) >= 11 is 0. The van der Waals surface area contributed by atoms with Gasteiger partial charge in [0, 0.05) is 13.0 Å². The molecule has 3 unspecified atom stereocenters. The molecule has 24 heavy (non-hydrogen) atoms. The van der Waals surface area contributed by atoms with Crippen molar-refractivity contribution in [1.82, 2.24) is 4.90 Å². The van der Waals surface area contributed by atoms with Crippen molar-refractivity contribution in [2.45, 2.75) is 39.2 Å². The fraction of sp³-hybridized carbons (Fsp3) is 0.632. The zero-order valence-electron chi connectivity index (χ0n) is 14.9. The van der Waals surface area contributed by atoms with Gasteiger partial charge in [-0.1, -0.05) is 26.8 Å². The van der Waals surface area contributed by atoms with Crippen LogP contribution < -0.4 is 9.47 Å². The zero-order chi connectivity index (χ0) is 17.5. The molecule has 132 valence electrons. The molecule has 3 atom stereocenters. The molecule has 0 spiro atoms. The number of rotatable bonds is 4. The predicted molar refractivity (Wildman–Crippen MR) is 91.4 cm³/mol. The second kappa shape index (κ2) is 6.28. The molecule has 0 radical (unpaired) electrons. The molecule has 0 bridgehead atoms. The molecule has 1 aromatic rings. The average molecular weight is 333 g/mol. The van der Waals surface area contributed by atoms with Gasteiger partial charge in [-0.05, 0) is 35.4 Å². The molecule has 1 aliphatic carbocycles.